The first kappa shape index (κ1) is 57.8. The van der Waals surface area contributed by atoms with Gasteiger partial charge in [0, 0.05) is 75.8 Å². The maximum atomic E-state index is 13.8. The van der Waals surface area contributed by atoms with Gasteiger partial charge in [0.05, 0.1) is 43.3 Å². The van der Waals surface area contributed by atoms with Crippen molar-refractivity contribution in [2.75, 3.05) is 61.4 Å². The molecule has 3 heterocycles. The van der Waals surface area contributed by atoms with E-state index < -0.39 is 37.8 Å². The van der Waals surface area contributed by atoms with E-state index >= 15 is 0 Å². The molecule has 16 nitrogen and oxygen atoms in total. The molecule has 2 aromatic heterocycles. The molecule has 1 unspecified atom stereocenters. The summed E-state index contributed by atoms with van der Waals surface area (Å²) in [6.45, 7) is 19.6. The van der Waals surface area contributed by atoms with Crippen LogP contribution in [0.2, 0.25) is 0 Å². The Hall–Kier alpha value is -4.53. The number of benzene rings is 2. The molecule has 0 spiro atoms. The summed E-state index contributed by atoms with van der Waals surface area (Å²) in [6, 6.07) is 16.5. The van der Waals surface area contributed by atoms with Gasteiger partial charge in [0.25, 0.3) is 21.8 Å². The third kappa shape index (κ3) is 17.8. The van der Waals surface area contributed by atoms with E-state index in [4.69, 9.17) is 33.2 Å². The van der Waals surface area contributed by atoms with E-state index in [0.29, 0.717) is 79.0 Å². The minimum atomic E-state index is -4.23. The molecule has 0 aliphatic carbocycles. The van der Waals surface area contributed by atoms with Crippen LogP contribution in [0.5, 0.6) is 23.3 Å². The molecule has 1 aliphatic rings. The average molecular weight is 1050 g/mol. The Morgan fingerprint density at radius 1 is 0.750 bits per heavy atom. The number of amides is 1. The third-order valence-corrected chi connectivity index (χ3v) is 14.4. The molecule has 1 amide bonds. The predicted molar refractivity (Wildman–Crippen MR) is 266 cm³/mol. The van der Waals surface area contributed by atoms with Gasteiger partial charge in [0.2, 0.25) is 10.0 Å². The van der Waals surface area contributed by atoms with Crippen molar-refractivity contribution in [3.63, 3.8) is 0 Å². The Morgan fingerprint density at radius 2 is 1.24 bits per heavy atom. The van der Waals surface area contributed by atoms with E-state index in [1.165, 1.54) is 19.2 Å². The summed E-state index contributed by atoms with van der Waals surface area (Å²) in [7, 11) is -1.12. The van der Waals surface area contributed by atoms with Crippen molar-refractivity contribution >= 4 is 42.1 Å². The summed E-state index contributed by atoms with van der Waals surface area (Å²) in [5, 5.41) is 0. The highest BCUT2D eigenvalue weighted by atomic mass is 79.9. The van der Waals surface area contributed by atoms with Gasteiger partial charge in [-0.15, -0.1) is 0 Å². The number of pyridine rings is 2. The van der Waals surface area contributed by atoms with Crippen LogP contribution < -0.4 is 18.9 Å². The predicted octanol–water partition coefficient (Wildman–Crippen LogP) is 9.30. The molecule has 378 valence electrons. The fourth-order valence-electron chi connectivity index (χ4n) is 6.45. The van der Waals surface area contributed by atoms with Crippen LogP contribution in [0.1, 0.15) is 78.0 Å². The van der Waals surface area contributed by atoms with Crippen LogP contribution >= 0.6 is 15.9 Å². The van der Waals surface area contributed by atoms with E-state index in [2.05, 4.69) is 39.7 Å². The number of aromatic nitrogens is 2. The van der Waals surface area contributed by atoms with Gasteiger partial charge >= 0.3 is 6.09 Å². The van der Waals surface area contributed by atoms with Crippen LogP contribution in [0.25, 0.3) is 0 Å². The van der Waals surface area contributed by atoms with Crippen LogP contribution in [-0.4, -0.2) is 121 Å². The third-order valence-electron chi connectivity index (χ3n) is 10.2. The standard InChI is InChI=1S/C27H40N2O7S.C12H17NO2S.C10H14BrNO3/c1-19(2)23(16-21-17-24(25(34-8)28-18-21)35-15-9-14-33-7)29(26(30)36-27(4,5)6)37(31,32)22-12-10-20(3)11-13-22;1-9(2)12-8-13(12)16(14,15)11-6-4-10(3)5-7-11;1-13-4-3-5-15-9-6-8(11)7-12-10(9)14-2/h10-13,17-19,23H,9,14-16H2,1-8H3;4-7,9,12H,8H2,1-3H3;6-7H,3-5H2,1-2H3/t23-;12-,13?;/m00./s1. The smallest absolute Gasteiger partial charge is 0.424 e. The molecule has 19 heteroatoms. The van der Waals surface area contributed by atoms with E-state index in [1.807, 2.05) is 45.9 Å². The minimum Gasteiger partial charge on any atom is -0.488 e. The topological polar surface area (TPSA) is 182 Å². The van der Waals surface area contributed by atoms with Crippen molar-refractivity contribution < 1.29 is 54.8 Å². The Morgan fingerprint density at radius 3 is 1.68 bits per heavy atom. The quantitative estimate of drug-likeness (QED) is 0.0569. The van der Waals surface area contributed by atoms with Crippen LogP contribution in [-0.2, 0) is 40.7 Å². The monoisotopic (exact) mass is 1050 g/mol. The van der Waals surface area contributed by atoms with Crippen LogP contribution in [0, 0.1) is 25.7 Å². The number of halogens is 1. The summed E-state index contributed by atoms with van der Waals surface area (Å²) in [4.78, 5) is 22.2. The number of carbonyl (C=O) groups excluding carboxylic acids is 1. The van der Waals surface area contributed by atoms with Crippen LogP contribution in [0.15, 0.2) is 87.3 Å². The van der Waals surface area contributed by atoms with Gasteiger partial charge in [-0.05, 0) is 105 Å². The highest BCUT2D eigenvalue weighted by Gasteiger charge is 2.46. The molecule has 68 heavy (non-hydrogen) atoms. The Kier molecular flexibility index (Phi) is 23.0. The fourth-order valence-corrected chi connectivity index (χ4v) is 10.1. The van der Waals surface area contributed by atoms with Gasteiger partial charge in [-0.25, -0.2) is 31.6 Å². The summed E-state index contributed by atoms with van der Waals surface area (Å²) in [6.07, 6.45) is 4.06. The van der Waals surface area contributed by atoms with Crippen LogP contribution in [0.3, 0.4) is 0 Å². The maximum absolute atomic E-state index is 13.8. The number of aryl methyl sites for hydroxylation is 2. The molecule has 0 N–H and O–H groups in total. The van der Waals surface area contributed by atoms with Gasteiger partial charge in [-0.3, -0.25) is 0 Å². The number of hydrogen-bond donors (Lipinski definition) is 0. The Balaban J connectivity index is 0.000000321. The van der Waals surface area contributed by atoms with Gasteiger partial charge in [-0.2, -0.15) is 8.61 Å². The second-order valence-corrected chi connectivity index (χ2v) is 22.3. The van der Waals surface area contributed by atoms with E-state index in [9.17, 15) is 21.6 Å². The molecular formula is C49H71BrN4O12S2. The first-order valence-corrected chi connectivity index (χ1v) is 26.1. The number of ether oxygens (including phenoxy) is 7. The van der Waals surface area contributed by atoms with Gasteiger partial charge < -0.3 is 33.2 Å². The molecule has 1 saturated heterocycles. The number of hydrogen-bond acceptors (Lipinski definition) is 14. The maximum Gasteiger partial charge on any atom is 0.424 e. The molecule has 0 saturated carbocycles. The lowest BCUT2D eigenvalue weighted by Crippen LogP contribution is -2.50. The normalized spacial score (nSPS) is 15.0. The van der Waals surface area contributed by atoms with E-state index in [-0.39, 0.29) is 23.3 Å². The van der Waals surface area contributed by atoms with Crippen molar-refractivity contribution in [2.45, 2.75) is 109 Å². The van der Waals surface area contributed by atoms with Gasteiger partial charge in [-0.1, -0.05) is 63.1 Å². The number of carbonyl (C=O) groups is 1. The SMILES string of the molecule is COCCCOc1cc(Br)cnc1OC.COCCCOc1cc(C[C@@H](C(C)C)N(C(=O)OC(C)(C)C)S(=O)(=O)c2ccc(C)cc2)cnc1OC.Cc1ccc(S(=O)(=O)N2C[C@H]2C(C)C)cc1. The summed E-state index contributed by atoms with van der Waals surface area (Å²) in [5.41, 5.74) is 1.79. The molecule has 3 atom stereocenters. The molecule has 1 fully saturated rings. The number of sulfonamides is 2. The zero-order valence-corrected chi connectivity index (χ0v) is 45.0. The molecule has 0 radical (unpaired) electrons. The average Bonchev–Trinajstić information content (AvgIpc) is 4.10. The summed E-state index contributed by atoms with van der Waals surface area (Å²) < 4.78 is 92.6. The zero-order chi connectivity index (χ0) is 50.8. The second kappa shape index (κ2) is 27.0. The van der Waals surface area contributed by atoms with Crippen molar-refractivity contribution in [1.82, 2.24) is 18.6 Å². The molecule has 5 rings (SSSR count). The van der Waals surface area contributed by atoms with Crippen molar-refractivity contribution in [1.29, 1.82) is 0 Å². The Labute approximate surface area is 413 Å². The lowest BCUT2D eigenvalue weighted by molar-refractivity contribution is 0.0307. The largest absolute Gasteiger partial charge is 0.488 e. The highest BCUT2D eigenvalue weighted by Crippen LogP contribution is 2.34. The lowest BCUT2D eigenvalue weighted by atomic mass is 9.97. The minimum absolute atomic E-state index is 0.0182. The highest BCUT2D eigenvalue weighted by molar-refractivity contribution is 9.10. The number of rotatable bonds is 21. The lowest BCUT2D eigenvalue weighted by Gasteiger charge is -2.35. The Bertz CT molecular complexity index is 2400. The van der Waals surface area contributed by atoms with Gasteiger partial charge in [0.15, 0.2) is 11.5 Å². The fraction of sp³-hybridized carbons (Fsp3) is 0.531. The molecule has 2 aromatic carbocycles. The van der Waals surface area contributed by atoms with E-state index in [1.54, 1.807) is 89.1 Å². The molecule has 1 aliphatic heterocycles. The number of nitrogens with zero attached hydrogens (tertiary/aromatic N) is 4. The second-order valence-electron chi connectivity index (χ2n) is 17.7. The first-order valence-electron chi connectivity index (χ1n) is 22.4. The van der Waals surface area contributed by atoms with Crippen molar-refractivity contribution in [3.8, 4) is 23.3 Å². The van der Waals surface area contributed by atoms with Gasteiger partial charge in [0.1, 0.15) is 5.60 Å². The van der Waals surface area contributed by atoms with Crippen LogP contribution in [0.4, 0.5) is 4.79 Å². The van der Waals surface area contributed by atoms with Crippen molar-refractivity contribution in [2.24, 2.45) is 11.8 Å². The zero-order valence-electron chi connectivity index (χ0n) is 41.8. The summed E-state index contributed by atoms with van der Waals surface area (Å²) >= 11 is 3.33. The molecule has 4 aromatic rings. The van der Waals surface area contributed by atoms with E-state index in [0.717, 1.165) is 26.3 Å². The molecule has 0 bridgehead atoms. The first-order chi connectivity index (χ1) is 32.0. The molecular weight excluding hydrogens is 981 g/mol. The number of methoxy groups -OCH3 is 4. The summed E-state index contributed by atoms with van der Waals surface area (Å²) in [5.74, 6) is 2.04. The van der Waals surface area contributed by atoms with Crippen molar-refractivity contribution in [3.05, 3.63) is 94.2 Å².